The summed E-state index contributed by atoms with van der Waals surface area (Å²) in [6.45, 7) is 8.04. The van der Waals surface area contributed by atoms with Crippen LogP contribution in [0.2, 0.25) is 0 Å². The van der Waals surface area contributed by atoms with E-state index in [-0.39, 0.29) is 31.7 Å². The van der Waals surface area contributed by atoms with Crippen LogP contribution in [0.5, 0.6) is 0 Å². The van der Waals surface area contributed by atoms with E-state index in [0.717, 1.165) is 16.3 Å². The number of aromatic nitrogens is 2. The van der Waals surface area contributed by atoms with Gasteiger partial charge in [0, 0.05) is 18.5 Å². The summed E-state index contributed by atoms with van der Waals surface area (Å²) in [6.07, 6.45) is -1.45. The van der Waals surface area contributed by atoms with E-state index in [1.807, 2.05) is 26.2 Å². The van der Waals surface area contributed by atoms with E-state index < -0.39 is 23.4 Å². The van der Waals surface area contributed by atoms with Crippen molar-refractivity contribution in [3.63, 3.8) is 0 Å². The number of primary amides is 1. The normalized spacial score (nSPS) is 11.6. The highest BCUT2D eigenvalue weighted by molar-refractivity contribution is 7.18. The summed E-state index contributed by atoms with van der Waals surface area (Å²) in [5.41, 5.74) is 6.57. The number of nitrogens with two attached hydrogens (primary N) is 1. The molecule has 0 aliphatic heterocycles. The van der Waals surface area contributed by atoms with Crippen LogP contribution in [0.4, 0.5) is 9.59 Å². The summed E-state index contributed by atoms with van der Waals surface area (Å²) in [5.74, 6) is 0. The number of nitrogens with one attached hydrogen (secondary N) is 1. The number of thiophene rings is 1. The molecule has 0 saturated heterocycles. The predicted octanol–water partition coefficient (Wildman–Crippen LogP) is 1.29. The van der Waals surface area contributed by atoms with Gasteiger partial charge in [0.2, 0.25) is 0 Å². The number of methoxy groups -OCH3 is 1. The molecular weight excluding hydrogens is 414 g/mol. The molecule has 12 heteroatoms. The van der Waals surface area contributed by atoms with Crippen LogP contribution >= 0.6 is 11.3 Å². The Morgan fingerprint density at radius 2 is 1.90 bits per heavy atom. The van der Waals surface area contributed by atoms with Crippen LogP contribution in [0.25, 0.3) is 10.2 Å². The van der Waals surface area contributed by atoms with Gasteiger partial charge in [0.1, 0.15) is 4.83 Å². The Hall–Kier alpha value is -2.86. The van der Waals surface area contributed by atoms with Gasteiger partial charge >= 0.3 is 17.8 Å². The largest absolute Gasteiger partial charge is 0.464 e. The molecule has 0 spiro atoms. The number of carboxylic acid groups (broad SMARTS) is 1. The Labute approximate surface area is 176 Å². The number of urea groups is 1. The Morgan fingerprint density at radius 3 is 2.40 bits per heavy atom. The van der Waals surface area contributed by atoms with Crippen molar-refractivity contribution in [2.24, 2.45) is 11.1 Å². The molecule has 2 aromatic heterocycles. The first kappa shape index (κ1) is 23.4. The van der Waals surface area contributed by atoms with E-state index in [2.05, 4.69) is 0 Å². The van der Waals surface area contributed by atoms with Crippen LogP contribution in [-0.4, -0.2) is 45.1 Å². The highest BCUT2D eigenvalue weighted by Crippen LogP contribution is 2.29. The second-order valence-electron chi connectivity index (χ2n) is 8.05. The van der Waals surface area contributed by atoms with Gasteiger partial charge in [-0.05, 0) is 17.9 Å². The van der Waals surface area contributed by atoms with Crippen molar-refractivity contribution in [2.75, 3.05) is 13.7 Å². The quantitative estimate of drug-likeness (QED) is 0.575. The van der Waals surface area contributed by atoms with Gasteiger partial charge in [-0.15, -0.1) is 11.3 Å². The fourth-order valence-corrected chi connectivity index (χ4v) is 4.32. The summed E-state index contributed by atoms with van der Waals surface area (Å²) >= 11 is 1.14. The molecule has 0 aliphatic carbocycles. The number of hydrazine groups is 1. The molecule has 2 heterocycles. The number of carbonyl (C=O) groups is 2. The number of fused-ring (bicyclic) bond motifs is 1. The van der Waals surface area contributed by atoms with Gasteiger partial charge in [-0.25, -0.2) is 24.8 Å². The summed E-state index contributed by atoms with van der Waals surface area (Å²) in [5, 5.41) is 10.0. The molecule has 2 rings (SSSR count). The van der Waals surface area contributed by atoms with Crippen molar-refractivity contribution in [2.45, 2.75) is 47.3 Å². The molecule has 30 heavy (non-hydrogen) atoms. The van der Waals surface area contributed by atoms with Crippen molar-refractivity contribution in [1.82, 2.24) is 19.6 Å². The van der Waals surface area contributed by atoms with Crippen molar-refractivity contribution in [3.05, 3.63) is 31.3 Å². The number of nitrogens with zero attached hydrogens (tertiary/aromatic N) is 3. The first-order valence-corrected chi connectivity index (χ1v) is 10.00. The average molecular weight is 442 g/mol. The van der Waals surface area contributed by atoms with E-state index in [4.69, 9.17) is 15.6 Å². The Bertz CT molecular complexity index is 1080. The Morgan fingerprint density at radius 1 is 1.27 bits per heavy atom. The molecule has 4 N–H and O–H groups in total. The molecule has 0 radical (unpaired) electrons. The molecular formula is C18H27N5O6S. The first-order valence-electron chi connectivity index (χ1n) is 9.18. The molecule has 3 amide bonds. The van der Waals surface area contributed by atoms with Crippen molar-refractivity contribution in [3.8, 4) is 0 Å². The number of aryl methyl sites for hydroxylation is 1. The standard InChI is InChI=1S/C18H27N5O6S/c1-10-11(8-23(15(19)25)20-16(26)27)30-14-12(10)13(24)22(9-18(2,3)4)17(28)21(14)6-7-29-5/h20H,6-9H2,1-5H3,(H2,19,25)(H,26,27). The maximum atomic E-state index is 13.2. The zero-order valence-electron chi connectivity index (χ0n) is 17.6. The third-order valence-electron chi connectivity index (χ3n) is 4.34. The summed E-state index contributed by atoms with van der Waals surface area (Å²) in [4.78, 5) is 49.8. The lowest BCUT2D eigenvalue weighted by Gasteiger charge is -2.20. The van der Waals surface area contributed by atoms with Crippen LogP contribution in [0.1, 0.15) is 31.2 Å². The number of amides is 3. The fourth-order valence-electron chi connectivity index (χ4n) is 3.02. The van der Waals surface area contributed by atoms with Gasteiger partial charge in [-0.1, -0.05) is 20.8 Å². The van der Waals surface area contributed by atoms with Crippen LogP contribution in [0.15, 0.2) is 9.59 Å². The predicted molar refractivity (Wildman–Crippen MR) is 113 cm³/mol. The SMILES string of the molecule is COCCn1c(=O)n(CC(C)(C)C)c(=O)c2c(C)c(CN(NC(=O)O)C(N)=O)sc21. The lowest BCUT2D eigenvalue weighted by molar-refractivity contribution is 0.144. The topological polar surface area (TPSA) is 149 Å². The molecule has 0 fully saturated rings. The smallest absolute Gasteiger partial charge is 0.423 e. The van der Waals surface area contributed by atoms with Gasteiger partial charge in [-0.3, -0.25) is 13.9 Å². The first-order chi connectivity index (χ1) is 13.9. The highest BCUT2D eigenvalue weighted by Gasteiger charge is 2.24. The molecule has 11 nitrogen and oxygen atoms in total. The van der Waals surface area contributed by atoms with Crippen LogP contribution in [0.3, 0.4) is 0 Å². The lowest BCUT2D eigenvalue weighted by atomic mass is 9.97. The zero-order valence-corrected chi connectivity index (χ0v) is 18.5. The molecule has 0 bridgehead atoms. The molecule has 2 aromatic rings. The second kappa shape index (κ2) is 8.88. The molecule has 0 aliphatic rings. The van der Waals surface area contributed by atoms with E-state index in [0.29, 0.717) is 20.7 Å². The van der Waals surface area contributed by atoms with Crippen molar-refractivity contribution < 1.29 is 19.4 Å². The zero-order chi connectivity index (χ0) is 22.8. The minimum absolute atomic E-state index is 0.177. The van der Waals surface area contributed by atoms with Gasteiger partial charge in [0.05, 0.1) is 25.1 Å². The van der Waals surface area contributed by atoms with Crippen LogP contribution in [0, 0.1) is 12.3 Å². The van der Waals surface area contributed by atoms with Gasteiger partial charge in [-0.2, -0.15) is 0 Å². The minimum Gasteiger partial charge on any atom is -0.464 e. The van der Waals surface area contributed by atoms with Crippen LogP contribution in [-0.2, 0) is 24.4 Å². The van der Waals surface area contributed by atoms with E-state index >= 15 is 0 Å². The minimum atomic E-state index is -1.45. The molecule has 0 unspecified atom stereocenters. The fraction of sp³-hybridized carbons (Fsp3) is 0.556. The molecule has 0 saturated carbocycles. The Kier molecular flexibility index (Phi) is 6.93. The molecule has 0 atom stereocenters. The average Bonchev–Trinajstić information content (AvgIpc) is 2.93. The number of carbonyl (C=O) groups excluding carboxylic acids is 1. The summed E-state index contributed by atoms with van der Waals surface area (Å²) < 4.78 is 7.80. The van der Waals surface area contributed by atoms with E-state index in [9.17, 15) is 19.2 Å². The second-order valence-corrected chi connectivity index (χ2v) is 9.13. The number of ether oxygens (including phenoxy) is 1. The third kappa shape index (κ3) is 5.00. The third-order valence-corrected chi connectivity index (χ3v) is 5.64. The summed E-state index contributed by atoms with van der Waals surface area (Å²) in [6, 6.07) is -0.990. The van der Waals surface area contributed by atoms with E-state index in [1.165, 1.54) is 16.2 Å². The Balaban J connectivity index is 2.73. The summed E-state index contributed by atoms with van der Waals surface area (Å²) in [7, 11) is 1.51. The number of hydrogen-bond donors (Lipinski definition) is 3. The lowest BCUT2D eigenvalue weighted by Crippen LogP contribution is -2.47. The highest BCUT2D eigenvalue weighted by atomic mass is 32.1. The number of rotatable bonds is 6. The van der Waals surface area contributed by atoms with Gasteiger partial charge in [0.15, 0.2) is 0 Å². The van der Waals surface area contributed by atoms with Crippen LogP contribution < -0.4 is 22.4 Å². The maximum absolute atomic E-state index is 13.2. The maximum Gasteiger partial charge on any atom is 0.423 e. The van der Waals surface area contributed by atoms with E-state index in [1.54, 1.807) is 6.92 Å². The monoisotopic (exact) mass is 441 g/mol. The van der Waals surface area contributed by atoms with Crippen molar-refractivity contribution in [1.29, 1.82) is 0 Å². The molecule has 166 valence electrons. The van der Waals surface area contributed by atoms with Gasteiger partial charge in [0.25, 0.3) is 5.56 Å². The van der Waals surface area contributed by atoms with Gasteiger partial charge < -0.3 is 15.6 Å². The molecule has 0 aromatic carbocycles. The van der Waals surface area contributed by atoms with Crippen molar-refractivity contribution >= 4 is 33.7 Å². The number of hydrogen-bond acceptors (Lipinski definition) is 6.